The Morgan fingerprint density at radius 2 is 2.12 bits per heavy atom. The van der Waals surface area contributed by atoms with Crippen LogP contribution < -0.4 is 14.8 Å². The van der Waals surface area contributed by atoms with E-state index in [1.807, 2.05) is 25.1 Å². The molecule has 1 aromatic heterocycles. The van der Waals surface area contributed by atoms with Crippen molar-refractivity contribution in [2.24, 2.45) is 0 Å². The summed E-state index contributed by atoms with van der Waals surface area (Å²) < 4.78 is 10.8. The Balaban J connectivity index is 1.96. The average molecular weight is 361 g/mol. The van der Waals surface area contributed by atoms with Crippen LogP contribution in [0.3, 0.4) is 0 Å². The number of nitrogens with zero attached hydrogens (tertiary/aromatic N) is 2. The van der Waals surface area contributed by atoms with Gasteiger partial charge >= 0.3 is 0 Å². The maximum atomic E-state index is 12.0. The highest BCUT2D eigenvalue weighted by Gasteiger charge is 2.07. The van der Waals surface area contributed by atoms with Crippen molar-refractivity contribution in [2.45, 2.75) is 33.1 Å². The van der Waals surface area contributed by atoms with Gasteiger partial charge in [-0.05, 0) is 37.1 Å². The maximum Gasteiger partial charge on any atom is 0.250 e. The Morgan fingerprint density at radius 3 is 2.84 bits per heavy atom. The number of ether oxygens (including phenoxy) is 2. The largest absolute Gasteiger partial charge is 0.493 e. The molecule has 1 N–H and O–H groups in total. The molecule has 0 aliphatic rings. The van der Waals surface area contributed by atoms with Crippen molar-refractivity contribution >= 4 is 28.5 Å². The highest BCUT2D eigenvalue weighted by atomic mass is 32.1. The summed E-state index contributed by atoms with van der Waals surface area (Å²) in [5.74, 6) is 1.07. The van der Waals surface area contributed by atoms with E-state index in [1.165, 1.54) is 17.4 Å². The number of hydrogen-bond donors (Lipinski definition) is 1. The molecule has 0 unspecified atom stereocenters. The molecule has 1 aromatic carbocycles. The van der Waals surface area contributed by atoms with Crippen LogP contribution in [0.15, 0.2) is 24.3 Å². The third-order valence-corrected chi connectivity index (χ3v) is 4.25. The first-order chi connectivity index (χ1) is 12.2. The summed E-state index contributed by atoms with van der Waals surface area (Å²) in [6.07, 6.45) is 6.25. The zero-order valence-electron chi connectivity index (χ0n) is 14.7. The molecule has 0 fully saturated rings. The van der Waals surface area contributed by atoms with Crippen molar-refractivity contribution in [3.8, 4) is 11.5 Å². The summed E-state index contributed by atoms with van der Waals surface area (Å²) in [4.78, 5) is 12.0. The second-order valence-electron chi connectivity index (χ2n) is 5.27. The lowest BCUT2D eigenvalue weighted by Gasteiger charge is -2.09. The number of nitrogens with one attached hydrogen (secondary N) is 1. The lowest BCUT2D eigenvalue weighted by atomic mass is 10.2. The highest BCUT2D eigenvalue weighted by Crippen LogP contribution is 2.28. The number of aromatic nitrogens is 2. The fourth-order valence-corrected chi connectivity index (χ4v) is 2.90. The molecule has 25 heavy (non-hydrogen) atoms. The predicted octanol–water partition coefficient (Wildman–Crippen LogP) is 3.94. The number of hydrogen-bond acceptors (Lipinski definition) is 6. The first-order valence-electron chi connectivity index (χ1n) is 8.28. The van der Waals surface area contributed by atoms with Crippen LogP contribution in [-0.2, 0) is 11.2 Å². The van der Waals surface area contributed by atoms with Crippen LogP contribution in [-0.4, -0.2) is 29.8 Å². The highest BCUT2D eigenvalue weighted by molar-refractivity contribution is 7.15. The predicted molar refractivity (Wildman–Crippen MR) is 100 cm³/mol. The van der Waals surface area contributed by atoms with Crippen LogP contribution in [0.4, 0.5) is 5.13 Å². The van der Waals surface area contributed by atoms with E-state index in [-0.39, 0.29) is 5.91 Å². The van der Waals surface area contributed by atoms with Gasteiger partial charge in [-0.2, -0.15) is 0 Å². The second-order valence-corrected chi connectivity index (χ2v) is 6.33. The molecule has 0 spiro atoms. The van der Waals surface area contributed by atoms with Gasteiger partial charge in [-0.25, -0.2) is 0 Å². The summed E-state index contributed by atoms with van der Waals surface area (Å²) in [5.41, 5.74) is 0.844. The van der Waals surface area contributed by atoms with E-state index in [4.69, 9.17) is 9.47 Å². The molecule has 134 valence electrons. The van der Waals surface area contributed by atoms with Crippen molar-refractivity contribution in [1.29, 1.82) is 0 Å². The molecular formula is C18H23N3O3S. The number of amides is 1. The Labute approximate surface area is 151 Å². The molecule has 2 aromatic rings. The summed E-state index contributed by atoms with van der Waals surface area (Å²) in [6, 6.07) is 5.51. The van der Waals surface area contributed by atoms with Gasteiger partial charge in [0.25, 0.3) is 0 Å². The number of anilines is 1. The number of aryl methyl sites for hydroxylation is 1. The van der Waals surface area contributed by atoms with Crippen LogP contribution in [0.1, 0.15) is 37.3 Å². The number of carbonyl (C=O) groups excluding carboxylic acids is 1. The van der Waals surface area contributed by atoms with E-state index in [0.717, 1.165) is 29.8 Å². The average Bonchev–Trinajstić information content (AvgIpc) is 3.06. The Hall–Kier alpha value is -2.41. The summed E-state index contributed by atoms with van der Waals surface area (Å²) in [7, 11) is 1.59. The minimum absolute atomic E-state index is 0.244. The Kier molecular flexibility index (Phi) is 7.40. The molecule has 6 nitrogen and oxygen atoms in total. The van der Waals surface area contributed by atoms with Gasteiger partial charge in [0.05, 0.1) is 13.7 Å². The van der Waals surface area contributed by atoms with E-state index in [0.29, 0.717) is 23.2 Å². The van der Waals surface area contributed by atoms with Gasteiger partial charge in [-0.3, -0.25) is 10.1 Å². The molecule has 0 bridgehead atoms. The normalized spacial score (nSPS) is 10.8. The molecule has 0 saturated carbocycles. The molecule has 1 heterocycles. The molecule has 1 amide bonds. The molecule has 0 radical (unpaired) electrons. The Bertz CT molecular complexity index is 728. The third-order valence-electron chi connectivity index (χ3n) is 3.36. The SMILES string of the molecule is CCCCc1nnc(NC(=O)C=Cc2ccc(OCC)c(OC)c2)s1. The van der Waals surface area contributed by atoms with E-state index in [1.54, 1.807) is 13.2 Å². The molecule has 7 heteroatoms. The number of carbonyl (C=O) groups is 1. The first kappa shape index (κ1) is 18.9. The topological polar surface area (TPSA) is 73.3 Å². The van der Waals surface area contributed by atoms with E-state index in [2.05, 4.69) is 22.4 Å². The molecular weight excluding hydrogens is 338 g/mol. The zero-order valence-corrected chi connectivity index (χ0v) is 15.6. The molecule has 0 aliphatic carbocycles. The summed E-state index contributed by atoms with van der Waals surface area (Å²) in [6.45, 7) is 4.61. The van der Waals surface area contributed by atoms with Gasteiger partial charge < -0.3 is 9.47 Å². The number of methoxy groups -OCH3 is 1. The molecule has 0 atom stereocenters. The standard InChI is InChI=1S/C18H23N3O3S/c1-4-6-7-17-20-21-18(25-17)19-16(22)11-9-13-8-10-14(24-5-2)15(12-13)23-3/h8-12H,4-7H2,1-3H3,(H,19,21,22). The lowest BCUT2D eigenvalue weighted by molar-refractivity contribution is -0.111. The minimum atomic E-state index is -0.244. The monoisotopic (exact) mass is 361 g/mol. The fourth-order valence-electron chi connectivity index (χ4n) is 2.11. The second kappa shape index (κ2) is 9.78. The zero-order chi connectivity index (χ0) is 18.1. The molecule has 2 rings (SSSR count). The number of unbranched alkanes of at least 4 members (excludes halogenated alkanes) is 1. The van der Waals surface area contributed by atoms with Crippen LogP contribution in [0.25, 0.3) is 6.08 Å². The molecule has 0 saturated heterocycles. The fraction of sp³-hybridized carbons (Fsp3) is 0.389. The summed E-state index contributed by atoms with van der Waals surface area (Å²) in [5, 5.41) is 12.3. The molecule has 0 aliphatic heterocycles. The maximum absolute atomic E-state index is 12.0. The van der Waals surface area contributed by atoms with E-state index >= 15 is 0 Å². The van der Waals surface area contributed by atoms with Crippen molar-refractivity contribution in [2.75, 3.05) is 19.0 Å². The lowest BCUT2D eigenvalue weighted by Crippen LogP contribution is -2.07. The van der Waals surface area contributed by atoms with E-state index < -0.39 is 0 Å². The van der Waals surface area contributed by atoms with E-state index in [9.17, 15) is 4.79 Å². The van der Waals surface area contributed by atoms with Crippen LogP contribution in [0, 0.1) is 0 Å². The van der Waals surface area contributed by atoms with Gasteiger partial charge in [0.15, 0.2) is 11.5 Å². The smallest absolute Gasteiger partial charge is 0.250 e. The van der Waals surface area contributed by atoms with Crippen molar-refractivity contribution in [1.82, 2.24) is 10.2 Å². The van der Waals surface area contributed by atoms with Crippen molar-refractivity contribution < 1.29 is 14.3 Å². The van der Waals surface area contributed by atoms with Gasteiger partial charge in [0.1, 0.15) is 5.01 Å². The number of rotatable bonds is 9. The van der Waals surface area contributed by atoms with Crippen LogP contribution in [0.2, 0.25) is 0 Å². The summed E-state index contributed by atoms with van der Waals surface area (Å²) >= 11 is 1.41. The van der Waals surface area contributed by atoms with Crippen molar-refractivity contribution in [3.05, 3.63) is 34.8 Å². The quantitative estimate of drug-likeness (QED) is 0.685. The first-order valence-corrected chi connectivity index (χ1v) is 9.10. The van der Waals surface area contributed by atoms with Gasteiger partial charge in [-0.1, -0.05) is 30.7 Å². The van der Waals surface area contributed by atoms with Gasteiger partial charge in [-0.15, -0.1) is 10.2 Å². The number of benzene rings is 1. The van der Waals surface area contributed by atoms with Gasteiger partial charge in [0, 0.05) is 12.5 Å². The Morgan fingerprint density at radius 1 is 1.28 bits per heavy atom. The van der Waals surface area contributed by atoms with Crippen LogP contribution >= 0.6 is 11.3 Å². The van der Waals surface area contributed by atoms with Crippen LogP contribution in [0.5, 0.6) is 11.5 Å². The third kappa shape index (κ3) is 5.86. The van der Waals surface area contributed by atoms with Gasteiger partial charge in [0.2, 0.25) is 11.0 Å². The minimum Gasteiger partial charge on any atom is -0.493 e. The van der Waals surface area contributed by atoms with Crippen molar-refractivity contribution in [3.63, 3.8) is 0 Å².